The van der Waals surface area contributed by atoms with Crippen LogP contribution >= 0.6 is 0 Å². The Morgan fingerprint density at radius 1 is 1.40 bits per heavy atom. The number of hydrogen-bond acceptors (Lipinski definition) is 3. The van der Waals surface area contributed by atoms with Crippen molar-refractivity contribution in [2.24, 2.45) is 0 Å². The third-order valence-electron chi connectivity index (χ3n) is 3.61. The van der Waals surface area contributed by atoms with Gasteiger partial charge in [-0.25, -0.2) is 0 Å². The fraction of sp³-hybridized carbons (Fsp3) is 0.467. The first kappa shape index (κ1) is 14.5. The number of amides is 1. The van der Waals surface area contributed by atoms with Crippen LogP contribution in [0.5, 0.6) is 0 Å². The highest BCUT2D eigenvalue weighted by molar-refractivity contribution is 5.96. The number of carboxylic acids is 1. The Bertz CT molecular complexity index is 502. The first-order valence-corrected chi connectivity index (χ1v) is 6.98. The van der Waals surface area contributed by atoms with E-state index in [9.17, 15) is 14.7 Å². The molecule has 5 heteroatoms. The van der Waals surface area contributed by atoms with Gasteiger partial charge in [-0.2, -0.15) is 0 Å². The first-order valence-electron chi connectivity index (χ1n) is 6.98. The monoisotopic (exact) mass is 276 g/mol. The van der Waals surface area contributed by atoms with Crippen molar-refractivity contribution < 1.29 is 14.7 Å². The van der Waals surface area contributed by atoms with Gasteiger partial charge < -0.3 is 15.3 Å². The van der Waals surface area contributed by atoms with E-state index in [1.54, 1.807) is 11.0 Å². The van der Waals surface area contributed by atoms with Crippen LogP contribution < -0.4 is 10.2 Å². The minimum Gasteiger partial charge on any atom is -0.481 e. The molecule has 0 bridgehead atoms. The van der Waals surface area contributed by atoms with Crippen LogP contribution in [-0.4, -0.2) is 36.6 Å². The summed E-state index contributed by atoms with van der Waals surface area (Å²) in [6.07, 6.45) is 0.902. The van der Waals surface area contributed by atoms with Gasteiger partial charge in [-0.15, -0.1) is 0 Å². The Hall–Kier alpha value is -1.88. The van der Waals surface area contributed by atoms with Crippen molar-refractivity contribution >= 4 is 17.6 Å². The largest absolute Gasteiger partial charge is 0.481 e. The molecule has 1 heterocycles. The average Bonchev–Trinajstić information content (AvgIpc) is 2.46. The topological polar surface area (TPSA) is 69.6 Å². The van der Waals surface area contributed by atoms with E-state index >= 15 is 0 Å². The fourth-order valence-corrected chi connectivity index (χ4v) is 2.58. The van der Waals surface area contributed by atoms with E-state index < -0.39 is 11.9 Å². The molecule has 0 aromatic heterocycles. The SMILES string of the molecule is CCNCCC(=O)N1CCC(C(=O)O)c2ccccc21. The number of aliphatic carboxylic acids is 1. The van der Waals surface area contributed by atoms with E-state index in [-0.39, 0.29) is 5.91 Å². The van der Waals surface area contributed by atoms with Crippen molar-refractivity contribution in [1.29, 1.82) is 0 Å². The summed E-state index contributed by atoms with van der Waals surface area (Å²) in [6, 6.07) is 7.29. The van der Waals surface area contributed by atoms with E-state index in [1.165, 1.54) is 0 Å². The number of nitrogens with one attached hydrogen (secondary N) is 1. The van der Waals surface area contributed by atoms with Gasteiger partial charge in [0.15, 0.2) is 0 Å². The first-order chi connectivity index (χ1) is 9.65. The number of fused-ring (bicyclic) bond motifs is 1. The third-order valence-corrected chi connectivity index (χ3v) is 3.61. The molecular formula is C15H20N2O3. The van der Waals surface area contributed by atoms with E-state index in [4.69, 9.17) is 0 Å². The van der Waals surface area contributed by atoms with E-state index in [0.29, 0.717) is 25.9 Å². The summed E-state index contributed by atoms with van der Waals surface area (Å²) in [5.74, 6) is -1.29. The van der Waals surface area contributed by atoms with Crippen LogP contribution in [0.25, 0.3) is 0 Å². The molecule has 1 unspecified atom stereocenters. The van der Waals surface area contributed by atoms with Gasteiger partial charge in [-0.1, -0.05) is 25.1 Å². The van der Waals surface area contributed by atoms with Gasteiger partial charge in [-0.3, -0.25) is 9.59 Å². The summed E-state index contributed by atoms with van der Waals surface area (Å²) in [5.41, 5.74) is 1.48. The molecule has 0 aliphatic carbocycles. The fourth-order valence-electron chi connectivity index (χ4n) is 2.58. The second-order valence-corrected chi connectivity index (χ2v) is 4.89. The highest BCUT2D eigenvalue weighted by Crippen LogP contribution is 2.35. The van der Waals surface area contributed by atoms with Gasteiger partial charge in [0.1, 0.15) is 0 Å². The molecule has 0 saturated carbocycles. The van der Waals surface area contributed by atoms with Crippen LogP contribution in [0, 0.1) is 0 Å². The smallest absolute Gasteiger partial charge is 0.311 e. The zero-order valence-corrected chi connectivity index (χ0v) is 11.6. The Morgan fingerprint density at radius 3 is 2.85 bits per heavy atom. The van der Waals surface area contributed by atoms with Crippen LogP contribution in [0.2, 0.25) is 0 Å². The molecule has 0 spiro atoms. The number of carboxylic acid groups (broad SMARTS) is 1. The molecule has 2 N–H and O–H groups in total. The van der Waals surface area contributed by atoms with Gasteiger partial charge in [-0.05, 0) is 24.6 Å². The van der Waals surface area contributed by atoms with E-state index in [1.807, 2.05) is 25.1 Å². The second kappa shape index (κ2) is 6.52. The van der Waals surface area contributed by atoms with Crippen molar-refractivity contribution in [3.05, 3.63) is 29.8 Å². The molecule has 1 aromatic carbocycles. The number of hydrogen-bond donors (Lipinski definition) is 2. The van der Waals surface area contributed by atoms with Crippen LogP contribution in [0.15, 0.2) is 24.3 Å². The maximum atomic E-state index is 12.3. The van der Waals surface area contributed by atoms with Crippen molar-refractivity contribution in [2.75, 3.05) is 24.5 Å². The van der Waals surface area contributed by atoms with Gasteiger partial charge in [0.05, 0.1) is 5.92 Å². The molecule has 1 aliphatic rings. The number of rotatable bonds is 5. The number of carbonyl (C=O) groups is 2. The molecule has 0 fully saturated rings. The number of para-hydroxylation sites is 1. The molecule has 5 nitrogen and oxygen atoms in total. The molecule has 20 heavy (non-hydrogen) atoms. The van der Waals surface area contributed by atoms with Gasteiger partial charge in [0, 0.05) is 25.2 Å². The normalized spacial score (nSPS) is 17.6. The lowest BCUT2D eigenvalue weighted by Crippen LogP contribution is -2.39. The molecule has 0 radical (unpaired) electrons. The Balaban J connectivity index is 2.18. The summed E-state index contributed by atoms with van der Waals surface area (Å²) in [7, 11) is 0. The van der Waals surface area contributed by atoms with Crippen molar-refractivity contribution in [2.45, 2.75) is 25.7 Å². The van der Waals surface area contributed by atoms with Gasteiger partial charge in [0.25, 0.3) is 0 Å². The minimum atomic E-state index is -0.822. The van der Waals surface area contributed by atoms with Crippen molar-refractivity contribution in [1.82, 2.24) is 5.32 Å². The number of benzene rings is 1. The lowest BCUT2D eigenvalue weighted by molar-refractivity contribution is -0.139. The Labute approximate surface area is 118 Å². The van der Waals surface area contributed by atoms with Crippen LogP contribution in [-0.2, 0) is 9.59 Å². The van der Waals surface area contributed by atoms with Crippen molar-refractivity contribution in [3.63, 3.8) is 0 Å². The van der Waals surface area contributed by atoms with Crippen LogP contribution in [0.4, 0.5) is 5.69 Å². The molecular weight excluding hydrogens is 256 g/mol. The lowest BCUT2D eigenvalue weighted by atomic mass is 9.90. The number of anilines is 1. The Kier molecular flexibility index (Phi) is 4.74. The van der Waals surface area contributed by atoms with Crippen LogP contribution in [0.1, 0.15) is 31.2 Å². The maximum Gasteiger partial charge on any atom is 0.311 e. The summed E-state index contributed by atoms with van der Waals surface area (Å²) < 4.78 is 0. The van der Waals surface area contributed by atoms with Gasteiger partial charge >= 0.3 is 5.97 Å². The van der Waals surface area contributed by atoms with Crippen molar-refractivity contribution in [3.8, 4) is 0 Å². The van der Waals surface area contributed by atoms with E-state index in [2.05, 4.69) is 5.32 Å². The van der Waals surface area contributed by atoms with E-state index in [0.717, 1.165) is 17.8 Å². The lowest BCUT2D eigenvalue weighted by Gasteiger charge is -2.32. The standard InChI is InChI=1S/C15H20N2O3/c1-2-16-9-7-14(18)17-10-8-12(15(19)20)11-5-3-4-6-13(11)17/h3-6,12,16H,2,7-10H2,1H3,(H,19,20). The quantitative estimate of drug-likeness (QED) is 0.801. The number of nitrogens with zero attached hydrogens (tertiary/aromatic N) is 1. The summed E-state index contributed by atoms with van der Waals surface area (Å²) in [6.45, 7) is 3.96. The summed E-state index contributed by atoms with van der Waals surface area (Å²) >= 11 is 0. The van der Waals surface area contributed by atoms with Crippen LogP contribution in [0.3, 0.4) is 0 Å². The average molecular weight is 276 g/mol. The third kappa shape index (κ3) is 2.99. The Morgan fingerprint density at radius 2 is 2.15 bits per heavy atom. The zero-order chi connectivity index (χ0) is 14.5. The van der Waals surface area contributed by atoms with Gasteiger partial charge in [0.2, 0.25) is 5.91 Å². The molecule has 0 saturated heterocycles. The highest BCUT2D eigenvalue weighted by atomic mass is 16.4. The molecule has 1 amide bonds. The highest BCUT2D eigenvalue weighted by Gasteiger charge is 2.31. The second-order valence-electron chi connectivity index (χ2n) is 4.89. The molecule has 1 aliphatic heterocycles. The molecule has 1 atom stereocenters. The molecule has 1 aromatic rings. The minimum absolute atomic E-state index is 0.0437. The zero-order valence-electron chi connectivity index (χ0n) is 11.6. The summed E-state index contributed by atoms with van der Waals surface area (Å²) in [4.78, 5) is 25.3. The molecule has 2 rings (SSSR count). The number of carbonyl (C=O) groups excluding carboxylic acids is 1. The summed E-state index contributed by atoms with van der Waals surface area (Å²) in [5, 5.41) is 12.4. The predicted molar refractivity (Wildman–Crippen MR) is 76.9 cm³/mol. The maximum absolute atomic E-state index is 12.3. The molecule has 108 valence electrons. The predicted octanol–water partition coefficient (Wildman–Crippen LogP) is 1.59.